The smallest absolute Gasteiger partial charge is 0.341 e. The van der Waals surface area contributed by atoms with Crippen molar-refractivity contribution >= 4 is 20.3 Å². The number of allylic oxidation sites excluding steroid dienone is 1. The molecule has 0 radical (unpaired) electrons. The minimum Gasteiger partial charge on any atom is -0.466 e. The van der Waals surface area contributed by atoms with Crippen LogP contribution in [-0.2, 0) is 28.2 Å². The van der Waals surface area contributed by atoms with Crippen LogP contribution in [0.2, 0.25) is 18.1 Å². The van der Waals surface area contributed by atoms with Crippen molar-refractivity contribution in [3.8, 4) is 0 Å². The first kappa shape index (κ1) is 25.3. The zero-order valence-corrected chi connectivity index (χ0v) is 22.4. The van der Waals surface area contributed by atoms with Crippen LogP contribution >= 0.6 is 0 Å². The number of carbonyl (C=O) groups is 2. The van der Waals surface area contributed by atoms with Gasteiger partial charge in [0.2, 0.25) is 5.79 Å². The molecule has 6 nitrogen and oxygen atoms in total. The topological polar surface area (TPSA) is 71.1 Å². The lowest BCUT2D eigenvalue weighted by atomic mass is 9.60. The summed E-state index contributed by atoms with van der Waals surface area (Å²) < 4.78 is 24.3. The molecule has 0 saturated heterocycles. The molecule has 0 N–H and O–H groups in total. The summed E-state index contributed by atoms with van der Waals surface area (Å²) in [4.78, 5) is 26.7. The quantitative estimate of drug-likeness (QED) is 0.389. The molecule has 0 spiro atoms. The molecule has 182 valence electrons. The van der Waals surface area contributed by atoms with Gasteiger partial charge in [-0.3, -0.25) is 4.79 Å². The number of esters is 2. The van der Waals surface area contributed by atoms with Crippen molar-refractivity contribution in [2.75, 3.05) is 6.61 Å². The fraction of sp³-hybridized carbons (Fsp3) is 0.840. The van der Waals surface area contributed by atoms with Crippen molar-refractivity contribution in [1.29, 1.82) is 0 Å². The average Bonchev–Trinajstić information content (AvgIpc) is 2.65. The van der Waals surface area contributed by atoms with Crippen LogP contribution in [-0.4, -0.2) is 38.8 Å². The third-order valence-electron chi connectivity index (χ3n) is 7.87. The van der Waals surface area contributed by atoms with Gasteiger partial charge in [-0.2, -0.15) is 0 Å². The van der Waals surface area contributed by atoms with Gasteiger partial charge in [-0.15, -0.1) is 0 Å². The van der Waals surface area contributed by atoms with Crippen LogP contribution in [0.3, 0.4) is 0 Å². The van der Waals surface area contributed by atoms with Crippen molar-refractivity contribution < 1.29 is 28.2 Å². The second kappa shape index (κ2) is 8.78. The lowest BCUT2D eigenvalue weighted by molar-refractivity contribution is -0.219. The molecule has 2 aliphatic carbocycles. The highest BCUT2D eigenvalue weighted by molar-refractivity contribution is 6.74. The van der Waals surface area contributed by atoms with Crippen molar-refractivity contribution in [1.82, 2.24) is 0 Å². The summed E-state index contributed by atoms with van der Waals surface area (Å²) in [6, 6.07) is 0. The van der Waals surface area contributed by atoms with E-state index in [-0.39, 0.29) is 34.9 Å². The molecule has 1 fully saturated rings. The van der Waals surface area contributed by atoms with Crippen LogP contribution in [0.15, 0.2) is 11.3 Å². The molecule has 0 amide bonds. The summed E-state index contributed by atoms with van der Waals surface area (Å²) in [6.45, 7) is 18.7. The first-order chi connectivity index (χ1) is 14.7. The van der Waals surface area contributed by atoms with Gasteiger partial charge in [0, 0.05) is 25.7 Å². The molecular formula is C25H42O6Si. The summed E-state index contributed by atoms with van der Waals surface area (Å²) in [5, 5.41) is 0.00546. The maximum Gasteiger partial charge on any atom is 0.341 e. The average molecular weight is 467 g/mol. The summed E-state index contributed by atoms with van der Waals surface area (Å²) in [5.41, 5.74) is 0.497. The summed E-state index contributed by atoms with van der Waals surface area (Å²) in [5.74, 6) is -1.66. The van der Waals surface area contributed by atoms with E-state index in [0.29, 0.717) is 12.2 Å². The van der Waals surface area contributed by atoms with Gasteiger partial charge >= 0.3 is 11.9 Å². The van der Waals surface area contributed by atoms with Crippen LogP contribution < -0.4 is 0 Å². The van der Waals surface area contributed by atoms with Crippen LogP contribution in [0.4, 0.5) is 0 Å². The Hall–Kier alpha value is -1.34. The van der Waals surface area contributed by atoms with E-state index >= 15 is 0 Å². The molecule has 1 heterocycles. The number of rotatable bonds is 5. The molecule has 0 aromatic carbocycles. The number of ether oxygens (including phenoxy) is 3. The number of hydrogen-bond acceptors (Lipinski definition) is 6. The van der Waals surface area contributed by atoms with Crippen molar-refractivity contribution in [2.24, 2.45) is 23.7 Å². The molecule has 3 rings (SSSR count). The second-order valence-electron chi connectivity index (χ2n) is 11.6. The summed E-state index contributed by atoms with van der Waals surface area (Å²) >= 11 is 0. The number of carbonyl (C=O) groups excluding carboxylic acids is 2. The molecule has 7 heteroatoms. The minimum atomic E-state index is -2.15. The largest absolute Gasteiger partial charge is 0.466 e. The van der Waals surface area contributed by atoms with E-state index in [1.807, 2.05) is 13.8 Å². The summed E-state index contributed by atoms with van der Waals surface area (Å²) in [7, 11) is -2.15. The molecule has 5 atom stereocenters. The lowest BCUT2D eigenvalue weighted by Gasteiger charge is -2.51. The van der Waals surface area contributed by atoms with Crippen molar-refractivity contribution in [2.45, 2.75) is 104 Å². The lowest BCUT2D eigenvalue weighted by Crippen LogP contribution is -2.55. The SMILES string of the molecule is CCOC(=O)[C@@H]1[C@H]2CCCC[C@@H]2C2=C(C(=O)OC(C)(C)O2)[C@@H]1[C@H](C)O[Si](C)(C)C(C)(C)C. The van der Waals surface area contributed by atoms with E-state index in [1.54, 1.807) is 13.8 Å². The van der Waals surface area contributed by atoms with Crippen LogP contribution in [0, 0.1) is 23.7 Å². The standard InChI is InChI=1S/C25H42O6Si/c1-10-28-22(26)19-16-13-11-12-14-17(16)21-20(23(27)30-25(6,7)29-21)18(19)15(2)31-32(8,9)24(3,4)5/h15-19H,10-14H2,1-9H3/t15-,16-,17-,18+,19+/m0/s1. The van der Waals surface area contributed by atoms with Gasteiger partial charge in [0.15, 0.2) is 8.32 Å². The van der Waals surface area contributed by atoms with E-state index in [4.69, 9.17) is 18.6 Å². The number of fused-ring (bicyclic) bond motifs is 2. The second-order valence-corrected chi connectivity index (χ2v) is 16.4. The molecular weight excluding hydrogens is 424 g/mol. The van der Waals surface area contributed by atoms with Crippen molar-refractivity contribution in [3.05, 3.63) is 11.3 Å². The van der Waals surface area contributed by atoms with E-state index in [9.17, 15) is 9.59 Å². The molecule has 32 heavy (non-hydrogen) atoms. The van der Waals surface area contributed by atoms with Gasteiger partial charge < -0.3 is 18.6 Å². The molecule has 3 aliphatic rings. The van der Waals surface area contributed by atoms with Gasteiger partial charge in [-0.25, -0.2) is 4.79 Å². The third kappa shape index (κ3) is 4.65. The first-order valence-electron chi connectivity index (χ1n) is 12.2. The fourth-order valence-electron chi connectivity index (χ4n) is 5.46. The summed E-state index contributed by atoms with van der Waals surface area (Å²) in [6.07, 6.45) is 3.63. The Morgan fingerprint density at radius 3 is 2.41 bits per heavy atom. The first-order valence-corrected chi connectivity index (χ1v) is 15.1. The van der Waals surface area contributed by atoms with Crippen LogP contribution in [0.5, 0.6) is 0 Å². The molecule has 1 saturated carbocycles. The molecule has 0 unspecified atom stereocenters. The minimum absolute atomic E-state index is 0.00546. The highest BCUT2D eigenvalue weighted by atomic mass is 28.4. The number of hydrogen-bond donors (Lipinski definition) is 0. The number of cyclic esters (lactones) is 1. The van der Waals surface area contributed by atoms with Gasteiger partial charge in [0.1, 0.15) is 5.76 Å². The Morgan fingerprint density at radius 1 is 1.19 bits per heavy atom. The molecule has 1 aliphatic heterocycles. The Kier molecular flexibility index (Phi) is 6.94. The van der Waals surface area contributed by atoms with E-state index < -0.39 is 25.9 Å². The maximum absolute atomic E-state index is 13.4. The maximum atomic E-state index is 13.4. The van der Waals surface area contributed by atoms with Gasteiger partial charge in [-0.05, 0) is 50.7 Å². The van der Waals surface area contributed by atoms with E-state index in [1.165, 1.54) is 0 Å². The van der Waals surface area contributed by atoms with E-state index in [0.717, 1.165) is 31.4 Å². The van der Waals surface area contributed by atoms with Crippen LogP contribution in [0.25, 0.3) is 0 Å². The Labute approximate surface area is 194 Å². The van der Waals surface area contributed by atoms with Gasteiger partial charge in [0.05, 0.1) is 24.2 Å². The zero-order valence-electron chi connectivity index (χ0n) is 21.4. The van der Waals surface area contributed by atoms with Crippen molar-refractivity contribution in [3.63, 3.8) is 0 Å². The highest BCUT2D eigenvalue weighted by Crippen LogP contribution is 2.54. The van der Waals surface area contributed by atoms with Crippen LogP contribution in [0.1, 0.15) is 74.1 Å². The normalized spacial score (nSPS) is 31.1. The Balaban J connectivity index is 2.13. The fourth-order valence-corrected chi connectivity index (χ4v) is 6.89. The molecule has 0 bridgehead atoms. The molecule has 0 aromatic rings. The highest BCUT2D eigenvalue weighted by Gasteiger charge is 2.57. The monoisotopic (exact) mass is 466 g/mol. The zero-order chi connectivity index (χ0) is 24.1. The van der Waals surface area contributed by atoms with Gasteiger partial charge in [0.25, 0.3) is 0 Å². The van der Waals surface area contributed by atoms with Gasteiger partial charge in [-0.1, -0.05) is 33.6 Å². The van der Waals surface area contributed by atoms with E-state index in [2.05, 4.69) is 33.9 Å². The predicted octanol–water partition coefficient (Wildman–Crippen LogP) is 5.58. The Morgan fingerprint density at radius 2 is 1.81 bits per heavy atom. The predicted molar refractivity (Wildman–Crippen MR) is 125 cm³/mol. The Bertz CT molecular complexity index is 778. The molecule has 0 aromatic heterocycles. The third-order valence-corrected chi connectivity index (χ3v) is 12.4.